The summed E-state index contributed by atoms with van der Waals surface area (Å²) >= 11 is 13.8. The monoisotopic (exact) mass is 489 g/mol. The average molecular weight is 490 g/mol. The van der Waals surface area contributed by atoms with Gasteiger partial charge in [-0.15, -0.1) is 0 Å². The molecule has 0 radical (unpaired) electrons. The van der Waals surface area contributed by atoms with E-state index in [1.807, 2.05) is 0 Å². The van der Waals surface area contributed by atoms with Crippen LogP contribution in [0.4, 0.5) is 18.9 Å². The number of nitrogens with one attached hydrogen (secondary N) is 1. The number of amides is 1. The van der Waals surface area contributed by atoms with Crippen molar-refractivity contribution in [2.45, 2.75) is 31.0 Å². The molecule has 4 nitrogen and oxygen atoms in total. The molecule has 2 saturated heterocycles. The van der Waals surface area contributed by atoms with Crippen LogP contribution in [-0.4, -0.2) is 47.7 Å². The number of carbonyl (C=O) groups excluding carboxylic acids is 1. The summed E-state index contributed by atoms with van der Waals surface area (Å²) in [5.41, 5.74) is -0.569. The molecule has 2 aliphatic rings. The Kier molecular flexibility index (Phi) is 6.09. The number of aryl methyl sites for hydroxylation is 1. The first-order chi connectivity index (χ1) is 14.6. The van der Waals surface area contributed by atoms with Gasteiger partial charge in [-0.25, -0.2) is 4.98 Å². The molecule has 1 unspecified atom stereocenters. The van der Waals surface area contributed by atoms with Crippen molar-refractivity contribution in [1.82, 2.24) is 10.3 Å². The summed E-state index contributed by atoms with van der Waals surface area (Å²) in [7, 11) is 0. The van der Waals surface area contributed by atoms with Crippen LogP contribution in [0.1, 0.15) is 28.0 Å². The lowest BCUT2D eigenvalue weighted by atomic mass is 9.79. The number of rotatable bonds is 4. The van der Waals surface area contributed by atoms with Crippen LogP contribution in [-0.2, 0) is 5.41 Å². The van der Waals surface area contributed by atoms with E-state index in [9.17, 15) is 18.0 Å². The van der Waals surface area contributed by atoms with Gasteiger partial charge in [-0.3, -0.25) is 4.79 Å². The van der Waals surface area contributed by atoms with Crippen molar-refractivity contribution in [3.05, 3.63) is 57.3 Å². The fraction of sp³-hybridized carbons (Fsp3) is 0.429. The minimum Gasteiger partial charge on any atom is -0.369 e. The summed E-state index contributed by atoms with van der Waals surface area (Å²) in [5.74, 6) is 1.50. The van der Waals surface area contributed by atoms with Crippen LogP contribution in [0.2, 0.25) is 10.0 Å². The van der Waals surface area contributed by atoms with E-state index in [1.165, 1.54) is 24.4 Å². The van der Waals surface area contributed by atoms with E-state index in [4.69, 9.17) is 23.2 Å². The first kappa shape index (κ1) is 22.6. The number of hydrogen-bond donors (Lipinski definition) is 1. The van der Waals surface area contributed by atoms with Gasteiger partial charge in [-0.05, 0) is 48.7 Å². The number of carbonyl (C=O) groups is 1. The van der Waals surface area contributed by atoms with Gasteiger partial charge in [0.05, 0.1) is 11.9 Å². The molecule has 1 aromatic carbocycles. The van der Waals surface area contributed by atoms with Gasteiger partial charge in [-0.2, -0.15) is 24.9 Å². The van der Waals surface area contributed by atoms with Gasteiger partial charge in [0.25, 0.3) is 5.91 Å². The molecule has 31 heavy (non-hydrogen) atoms. The van der Waals surface area contributed by atoms with E-state index in [2.05, 4.69) is 10.3 Å². The van der Waals surface area contributed by atoms with Crippen LogP contribution >= 0.6 is 35.0 Å². The van der Waals surface area contributed by atoms with E-state index in [-0.39, 0.29) is 47.1 Å². The highest BCUT2D eigenvalue weighted by Crippen LogP contribution is 2.49. The Morgan fingerprint density at radius 2 is 1.90 bits per heavy atom. The average Bonchev–Trinajstić information content (AvgIpc) is 3.10. The van der Waals surface area contributed by atoms with Crippen molar-refractivity contribution < 1.29 is 18.0 Å². The lowest BCUT2D eigenvalue weighted by molar-refractivity contribution is -0.184. The Bertz CT molecular complexity index is 996. The predicted molar refractivity (Wildman–Crippen MR) is 119 cm³/mol. The number of benzene rings is 1. The molecule has 1 atom stereocenters. The van der Waals surface area contributed by atoms with Crippen LogP contribution in [0.3, 0.4) is 0 Å². The summed E-state index contributed by atoms with van der Waals surface area (Å²) in [6.07, 6.45) is -3.15. The molecule has 2 fully saturated rings. The number of thioether (sulfide) groups is 1. The maximum atomic E-state index is 14.3. The standard InChI is InChI=1S/C21H20Cl2F3N3OS/c1-12-4-17(8-27-18(12)19(30)28-16-9-31-10-16)29-3-2-20(11-29,21(24,25)26)13-5-14(22)7-15(23)6-13/h4-8,16H,2-3,9-11H2,1H3,(H,28,30). The Hall–Kier alpha value is -1.64. The number of alkyl halides is 3. The summed E-state index contributed by atoms with van der Waals surface area (Å²) in [6, 6.07) is 5.95. The Labute approximate surface area is 192 Å². The van der Waals surface area contributed by atoms with Crippen molar-refractivity contribution in [2.75, 3.05) is 29.5 Å². The van der Waals surface area contributed by atoms with Crippen LogP contribution in [0.15, 0.2) is 30.5 Å². The van der Waals surface area contributed by atoms with Crippen molar-refractivity contribution >= 4 is 46.6 Å². The number of pyridine rings is 1. The van der Waals surface area contributed by atoms with Crippen molar-refractivity contribution in [3.8, 4) is 0 Å². The third-order valence-electron chi connectivity index (χ3n) is 5.84. The number of anilines is 1. The maximum absolute atomic E-state index is 14.3. The Morgan fingerprint density at radius 3 is 2.45 bits per heavy atom. The molecule has 1 aromatic heterocycles. The molecule has 2 aromatic rings. The lowest BCUT2D eigenvalue weighted by Crippen LogP contribution is -2.45. The minimum atomic E-state index is -4.49. The van der Waals surface area contributed by atoms with Gasteiger partial charge in [0.2, 0.25) is 0 Å². The summed E-state index contributed by atoms with van der Waals surface area (Å²) in [6.45, 7) is 1.65. The van der Waals surface area contributed by atoms with Crippen LogP contribution in [0.5, 0.6) is 0 Å². The van der Waals surface area contributed by atoms with E-state index in [1.54, 1.807) is 29.7 Å². The van der Waals surface area contributed by atoms with E-state index in [0.717, 1.165) is 11.5 Å². The Morgan fingerprint density at radius 1 is 1.23 bits per heavy atom. The van der Waals surface area contributed by atoms with E-state index >= 15 is 0 Å². The van der Waals surface area contributed by atoms with Crippen LogP contribution in [0.25, 0.3) is 0 Å². The van der Waals surface area contributed by atoms with Gasteiger partial charge >= 0.3 is 6.18 Å². The third kappa shape index (κ3) is 4.34. The van der Waals surface area contributed by atoms with Gasteiger partial charge in [0.15, 0.2) is 0 Å². The molecule has 10 heteroatoms. The molecule has 0 spiro atoms. The molecule has 3 heterocycles. The zero-order valence-corrected chi connectivity index (χ0v) is 18.9. The zero-order valence-electron chi connectivity index (χ0n) is 16.6. The smallest absolute Gasteiger partial charge is 0.369 e. The van der Waals surface area contributed by atoms with Gasteiger partial charge in [0, 0.05) is 40.7 Å². The van der Waals surface area contributed by atoms with Crippen LogP contribution in [0, 0.1) is 6.92 Å². The second-order valence-corrected chi connectivity index (χ2v) is 9.92. The SMILES string of the molecule is Cc1cc(N2CCC(c3cc(Cl)cc(Cl)c3)(C(F)(F)F)C2)cnc1C(=O)NC1CSC1. The third-order valence-corrected chi connectivity index (χ3v) is 7.56. The second kappa shape index (κ2) is 8.37. The molecule has 2 aliphatic heterocycles. The molecule has 1 amide bonds. The minimum absolute atomic E-state index is 0.0547. The highest BCUT2D eigenvalue weighted by molar-refractivity contribution is 8.00. The van der Waals surface area contributed by atoms with Crippen molar-refractivity contribution in [1.29, 1.82) is 0 Å². The van der Waals surface area contributed by atoms with Gasteiger partial charge in [0.1, 0.15) is 11.1 Å². The summed E-state index contributed by atoms with van der Waals surface area (Å²) in [4.78, 5) is 18.3. The van der Waals surface area contributed by atoms with Crippen molar-refractivity contribution in [2.24, 2.45) is 0 Å². The van der Waals surface area contributed by atoms with Crippen molar-refractivity contribution in [3.63, 3.8) is 0 Å². The first-order valence-corrected chi connectivity index (χ1v) is 11.6. The highest BCUT2D eigenvalue weighted by Gasteiger charge is 2.59. The molecule has 0 aliphatic carbocycles. The first-order valence-electron chi connectivity index (χ1n) is 9.72. The number of halogens is 5. The molecule has 166 valence electrons. The maximum Gasteiger partial charge on any atom is 0.400 e. The fourth-order valence-corrected chi connectivity index (χ4v) is 5.20. The molecule has 0 bridgehead atoms. The molecular formula is C21H20Cl2F3N3OS. The summed E-state index contributed by atoms with van der Waals surface area (Å²) < 4.78 is 42.8. The van der Waals surface area contributed by atoms with Crippen LogP contribution < -0.4 is 10.2 Å². The Balaban J connectivity index is 1.60. The molecule has 1 N–H and O–H groups in total. The van der Waals surface area contributed by atoms with E-state index < -0.39 is 11.6 Å². The molecule has 0 saturated carbocycles. The van der Waals surface area contributed by atoms with Gasteiger partial charge in [-0.1, -0.05) is 23.2 Å². The predicted octanol–water partition coefficient (Wildman–Crippen LogP) is 5.25. The topological polar surface area (TPSA) is 45.2 Å². The lowest BCUT2D eigenvalue weighted by Gasteiger charge is -2.33. The molecular weight excluding hydrogens is 470 g/mol. The normalized spacial score (nSPS) is 21.8. The van der Waals surface area contributed by atoms with Gasteiger partial charge < -0.3 is 10.2 Å². The second-order valence-electron chi connectivity index (χ2n) is 7.98. The number of aromatic nitrogens is 1. The summed E-state index contributed by atoms with van der Waals surface area (Å²) in [5, 5.41) is 3.26. The number of nitrogens with zero attached hydrogens (tertiary/aromatic N) is 2. The largest absolute Gasteiger partial charge is 0.400 e. The number of hydrogen-bond acceptors (Lipinski definition) is 4. The molecule has 4 rings (SSSR count). The zero-order chi connectivity index (χ0) is 22.4. The highest BCUT2D eigenvalue weighted by atomic mass is 35.5. The van der Waals surface area contributed by atoms with E-state index in [0.29, 0.717) is 16.9 Å². The fourth-order valence-electron chi connectivity index (χ4n) is 4.03. The quantitative estimate of drug-likeness (QED) is 0.636.